The van der Waals surface area contributed by atoms with E-state index in [0.717, 1.165) is 42.9 Å². The SMILES string of the molecule is Cc1cc(-c2cncnc2C2CCCN(CC(N)=O)C2)on1. The Morgan fingerprint density at radius 2 is 2.41 bits per heavy atom. The molecule has 1 amide bonds. The second-order valence-electron chi connectivity index (χ2n) is 5.69. The van der Waals surface area contributed by atoms with Gasteiger partial charge in [-0.1, -0.05) is 5.16 Å². The number of aromatic nitrogens is 3. The molecule has 1 aliphatic heterocycles. The number of nitrogens with two attached hydrogens (primary N) is 1. The van der Waals surface area contributed by atoms with Crippen LogP contribution in [0.5, 0.6) is 0 Å². The third-order valence-corrected chi connectivity index (χ3v) is 3.91. The number of primary amides is 1. The fourth-order valence-corrected chi connectivity index (χ4v) is 2.99. The standard InChI is InChI=1S/C15H19N5O2/c1-10-5-13(22-19-10)12-6-17-9-18-15(12)11-3-2-4-20(7-11)8-14(16)21/h5-6,9,11H,2-4,7-8H2,1H3,(H2,16,21). The highest BCUT2D eigenvalue weighted by atomic mass is 16.5. The van der Waals surface area contributed by atoms with Crippen molar-refractivity contribution in [2.75, 3.05) is 19.6 Å². The average molecular weight is 301 g/mol. The Morgan fingerprint density at radius 1 is 1.55 bits per heavy atom. The molecule has 116 valence electrons. The third-order valence-electron chi connectivity index (χ3n) is 3.91. The number of nitrogens with zero attached hydrogens (tertiary/aromatic N) is 4. The predicted octanol–water partition coefficient (Wildman–Crippen LogP) is 1.10. The van der Waals surface area contributed by atoms with Gasteiger partial charge in [-0.3, -0.25) is 9.69 Å². The maximum atomic E-state index is 11.1. The van der Waals surface area contributed by atoms with E-state index in [1.165, 1.54) is 0 Å². The largest absolute Gasteiger partial charge is 0.369 e. The Hall–Kier alpha value is -2.28. The van der Waals surface area contributed by atoms with Gasteiger partial charge in [0.15, 0.2) is 5.76 Å². The number of carbonyl (C=O) groups excluding carboxylic acids is 1. The molecule has 1 saturated heterocycles. The molecule has 2 aromatic heterocycles. The molecule has 22 heavy (non-hydrogen) atoms. The van der Waals surface area contributed by atoms with Gasteiger partial charge in [0.05, 0.1) is 23.5 Å². The first-order chi connectivity index (χ1) is 10.6. The van der Waals surface area contributed by atoms with Crippen molar-refractivity contribution in [3.8, 4) is 11.3 Å². The minimum atomic E-state index is -0.297. The molecule has 1 atom stereocenters. The molecule has 1 unspecified atom stereocenters. The van der Waals surface area contributed by atoms with Gasteiger partial charge in [-0.2, -0.15) is 0 Å². The van der Waals surface area contributed by atoms with Crippen molar-refractivity contribution in [3.63, 3.8) is 0 Å². The Bertz CT molecular complexity index is 669. The number of carbonyl (C=O) groups is 1. The van der Waals surface area contributed by atoms with Crippen molar-refractivity contribution in [1.82, 2.24) is 20.0 Å². The topological polar surface area (TPSA) is 98.1 Å². The van der Waals surface area contributed by atoms with Gasteiger partial charge in [-0.05, 0) is 26.3 Å². The average Bonchev–Trinajstić information content (AvgIpc) is 2.93. The van der Waals surface area contributed by atoms with Gasteiger partial charge < -0.3 is 10.3 Å². The number of hydrogen-bond acceptors (Lipinski definition) is 6. The zero-order chi connectivity index (χ0) is 15.5. The molecule has 7 heteroatoms. The molecule has 0 aliphatic carbocycles. The summed E-state index contributed by atoms with van der Waals surface area (Å²) in [6.45, 7) is 3.82. The van der Waals surface area contributed by atoms with E-state index in [4.69, 9.17) is 10.3 Å². The fraction of sp³-hybridized carbons (Fsp3) is 0.467. The van der Waals surface area contributed by atoms with Crippen molar-refractivity contribution in [2.24, 2.45) is 5.73 Å². The second kappa shape index (κ2) is 6.23. The van der Waals surface area contributed by atoms with Crippen LogP contribution in [0.3, 0.4) is 0 Å². The van der Waals surface area contributed by atoms with Gasteiger partial charge in [0.25, 0.3) is 0 Å². The van der Waals surface area contributed by atoms with Gasteiger partial charge >= 0.3 is 0 Å². The van der Waals surface area contributed by atoms with Crippen LogP contribution in [0.1, 0.15) is 30.1 Å². The first-order valence-corrected chi connectivity index (χ1v) is 7.37. The molecule has 2 N–H and O–H groups in total. The van der Waals surface area contributed by atoms with E-state index in [2.05, 4.69) is 20.0 Å². The molecule has 0 saturated carbocycles. The molecular formula is C15H19N5O2. The highest BCUT2D eigenvalue weighted by molar-refractivity contribution is 5.75. The number of hydrogen-bond donors (Lipinski definition) is 1. The Labute approximate surface area is 128 Å². The summed E-state index contributed by atoms with van der Waals surface area (Å²) in [6.07, 6.45) is 5.34. The van der Waals surface area contributed by atoms with Crippen LogP contribution < -0.4 is 5.73 Å². The summed E-state index contributed by atoms with van der Waals surface area (Å²) in [7, 11) is 0. The lowest BCUT2D eigenvalue weighted by Crippen LogP contribution is -2.40. The van der Waals surface area contributed by atoms with Crippen LogP contribution in [0.4, 0.5) is 0 Å². The smallest absolute Gasteiger partial charge is 0.231 e. The number of likely N-dealkylation sites (tertiary alicyclic amines) is 1. The molecule has 0 bridgehead atoms. The molecule has 3 heterocycles. The first-order valence-electron chi connectivity index (χ1n) is 7.37. The Balaban J connectivity index is 1.86. The van der Waals surface area contributed by atoms with Crippen LogP contribution in [0.15, 0.2) is 23.1 Å². The molecule has 0 radical (unpaired) electrons. The van der Waals surface area contributed by atoms with E-state index in [0.29, 0.717) is 12.3 Å². The number of piperidine rings is 1. The number of rotatable bonds is 4. The Kier molecular flexibility index (Phi) is 4.15. The number of amides is 1. The van der Waals surface area contributed by atoms with E-state index in [1.54, 1.807) is 12.5 Å². The van der Waals surface area contributed by atoms with Gasteiger partial charge in [0, 0.05) is 24.7 Å². The van der Waals surface area contributed by atoms with Crippen LogP contribution in [-0.4, -0.2) is 45.6 Å². The minimum Gasteiger partial charge on any atom is -0.369 e. The monoisotopic (exact) mass is 301 g/mol. The quantitative estimate of drug-likeness (QED) is 0.908. The van der Waals surface area contributed by atoms with Crippen molar-refractivity contribution in [1.29, 1.82) is 0 Å². The zero-order valence-electron chi connectivity index (χ0n) is 12.5. The van der Waals surface area contributed by atoms with Crippen molar-refractivity contribution in [3.05, 3.63) is 30.0 Å². The maximum Gasteiger partial charge on any atom is 0.231 e. The lowest BCUT2D eigenvalue weighted by molar-refractivity contribution is -0.119. The van der Waals surface area contributed by atoms with Gasteiger partial charge in [-0.15, -0.1) is 0 Å². The molecule has 2 aromatic rings. The zero-order valence-corrected chi connectivity index (χ0v) is 12.5. The molecule has 0 aromatic carbocycles. The summed E-state index contributed by atoms with van der Waals surface area (Å²) in [4.78, 5) is 21.8. The molecule has 7 nitrogen and oxygen atoms in total. The van der Waals surface area contributed by atoms with Crippen LogP contribution in [-0.2, 0) is 4.79 Å². The summed E-state index contributed by atoms with van der Waals surface area (Å²) in [5.74, 6) is 0.617. The third kappa shape index (κ3) is 3.14. The summed E-state index contributed by atoms with van der Waals surface area (Å²) in [6, 6.07) is 1.88. The van der Waals surface area contributed by atoms with Crippen LogP contribution in [0, 0.1) is 6.92 Å². The van der Waals surface area contributed by atoms with Crippen molar-refractivity contribution < 1.29 is 9.32 Å². The molecule has 3 rings (SSSR count). The van der Waals surface area contributed by atoms with Crippen LogP contribution in [0.25, 0.3) is 11.3 Å². The van der Waals surface area contributed by atoms with E-state index < -0.39 is 0 Å². The summed E-state index contributed by atoms with van der Waals surface area (Å²) < 4.78 is 5.36. The summed E-state index contributed by atoms with van der Waals surface area (Å²) in [5.41, 5.74) is 7.94. The lowest BCUT2D eigenvalue weighted by Gasteiger charge is -2.31. The molecule has 0 spiro atoms. The van der Waals surface area contributed by atoms with E-state index >= 15 is 0 Å². The maximum absolute atomic E-state index is 11.1. The van der Waals surface area contributed by atoms with Crippen LogP contribution in [0.2, 0.25) is 0 Å². The van der Waals surface area contributed by atoms with Crippen molar-refractivity contribution >= 4 is 5.91 Å². The summed E-state index contributed by atoms with van der Waals surface area (Å²) >= 11 is 0. The molecular weight excluding hydrogens is 282 g/mol. The van der Waals surface area contributed by atoms with Gasteiger partial charge in [-0.25, -0.2) is 9.97 Å². The minimum absolute atomic E-state index is 0.233. The fourth-order valence-electron chi connectivity index (χ4n) is 2.99. The van der Waals surface area contributed by atoms with Gasteiger partial charge in [0.1, 0.15) is 6.33 Å². The number of aryl methyl sites for hydroxylation is 1. The second-order valence-corrected chi connectivity index (χ2v) is 5.69. The van der Waals surface area contributed by atoms with E-state index in [9.17, 15) is 4.79 Å². The highest BCUT2D eigenvalue weighted by Crippen LogP contribution is 2.32. The van der Waals surface area contributed by atoms with Crippen LogP contribution >= 0.6 is 0 Å². The van der Waals surface area contributed by atoms with Crippen molar-refractivity contribution in [2.45, 2.75) is 25.7 Å². The van der Waals surface area contributed by atoms with Gasteiger partial charge in [0.2, 0.25) is 5.91 Å². The van der Waals surface area contributed by atoms with E-state index in [-0.39, 0.29) is 11.8 Å². The summed E-state index contributed by atoms with van der Waals surface area (Å²) in [5, 5.41) is 3.93. The predicted molar refractivity (Wildman–Crippen MR) is 79.9 cm³/mol. The normalized spacial score (nSPS) is 19.2. The van der Waals surface area contributed by atoms with E-state index in [1.807, 2.05) is 13.0 Å². The first kappa shape index (κ1) is 14.6. The molecule has 1 aliphatic rings. The highest BCUT2D eigenvalue weighted by Gasteiger charge is 2.26. The Morgan fingerprint density at radius 3 is 3.14 bits per heavy atom. The molecule has 1 fully saturated rings. The lowest BCUT2D eigenvalue weighted by atomic mass is 9.91.